The lowest BCUT2D eigenvalue weighted by Crippen LogP contribution is -2.39. The van der Waals surface area contributed by atoms with E-state index in [0.717, 1.165) is 29.5 Å². The summed E-state index contributed by atoms with van der Waals surface area (Å²) in [7, 11) is -3.58. The molecule has 0 saturated heterocycles. The fraction of sp³-hybridized carbons (Fsp3) is 0.240. The molecule has 6 nitrogen and oxygen atoms in total. The third kappa shape index (κ3) is 4.13. The maximum absolute atomic E-state index is 13.1. The zero-order valence-corrected chi connectivity index (χ0v) is 18.6. The van der Waals surface area contributed by atoms with Gasteiger partial charge in [-0.1, -0.05) is 48.5 Å². The summed E-state index contributed by atoms with van der Waals surface area (Å²) in [6.07, 6.45) is 2.43. The Hall–Kier alpha value is -3.16. The van der Waals surface area contributed by atoms with E-state index in [4.69, 9.17) is 0 Å². The molecule has 1 aliphatic carbocycles. The van der Waals surface area contributed by atoms with Crippen molar-refractivity contribution < 1.29 is 13.2 Å². The van der Waals surface area contributed by atoms with Gasteiger partial charge in [-0.2, -0.15) is 0 Å². The van der Waals surface area contributed by atoms with Crippen LogP contribution in [0, 0.1) is 0 Å². The van der Waals surface area contributed by atoms with Crippen LogP contribution in [0.25, 0.3) is 11.1 Å². The van der Waals surface area contributed by atoms with Crippen molar-refractivity contribution in [3.8, 4) is 11.1 Å². The summed E-state index contributed by atoms with van der Waals surface area (Å²) in [6.45, 7) is 1.97. The van der Waals surface area contributed by atoms with Gasteiger partial charge in [-0.3, -0.25) is 4.90 Å². The molecule has 2 N–H and O–H groups in total. The lowest BCUT2D eigenvalue weighted by atomic mass is 10.1. The molecule has 0 radical (unpaired) electrons. The van der Waals surface area contributed by atoms with Gasteiger partial charge in [0.25, 0.3) is 0 Å². The van der Waals surface area contributed by atoms with Crippen molar-refractivity contribution in [2.75, 3.05) is 10.2 Å². The number of urea groups is 1. The summed E-state index contributed by atoms with van der Waals surface area (Å²) in [6, 6.07) is 22.5. The van der Waals surface area contributed by atoms with Crippen molar-refractivity contribution >= 4 is 27.4 Å². The summed E-state index contributed by atoms with van der Waals surface area (Å²) < 4.78 is 28.0. The van der Waals surface area contributed by atoms with Crippen molar-refractivity contribution in [3.63, 3.8) is 0 Å². The van der Waals surface area contributed by atoms with Crippen LogP contribution in [0.4, 0.5) is 16.2 Å². The molecule has 1 heterocycles. The van der Waals surface area contributed by atoms with Crippen molar-refractivity contribution in [1.82, 2.24) is 4.72 Å². The number of carbonyl (C=O) groups is 1. The summed E-state index contributed by atoms with van der Waals surface area (Å²) >= 11 is 0. The number of amides is 2. The van der Waals surface area contributed by atoms with E-state index in [1.165, 1.54) is 0 Å². The van der Waals surface area contributed by atoms with Crippen LogP contribution in [0.15, 0.2) is 77.7 Å². The highest BCUT2D eigenvalue weighted by molar-refractivity contribution is 7.89. The smallest absolute Gasteiger partial charge is 0.308 e. The van der Waals surface area contributed by atoms with Gasteiger partial charge in [0.1, 0.15) is 0 Å². The average Bonchev–Trinajstić information content (AvgIpc) is 3.52. The number of hydrogen-bond donors (Lipinski definition) is 2. The maximum Gasteiger partial charge on any atom is 0.326 e. The van der Waals surface area contributed by atoms with E-state index in [1.54, 1.807) is 17.0 Å². The first-order chi connectivity index (χ1) is 15.4. The fourth-order valence-corrected chi connectivity index (χ4v) is 5.44. The predicted molar refractivity (Wildman–Crippen MR) is 126 cm³/mol. The van der Waals surface area contributed by atoms with Crippen LogP contribution in [0.2, 0.25) is 0 Å². The van der Waals surface area contributed by atoms with Gasteiger partial charge in [-0.15, -0.1) is 0 Å². The first-order valence-electron chi connectivity index (χ1n) is 10.8. The minimum atomic E-state index is -3.58. The molecular weight excluding hydrogens is 422 g/mol. The van der Waals surface area contributed by atoms with Crippen molar-refractivity contribution in [3.05, 3.63) is 78.4 Å². The molecule has 1 unspecified atom stereocenters. The van der Waals surface area contributed by atoms with Crippen molar-refractivity contribution in [2.24, 2.45) is 0 Å². The summed E-state index contributed by atoms with van der Waals surface area (Å²) in [5.74, 6) is 0. The molecule has 0 spiro atoms. The summed E-state index contributed by atoms with van der Waals surface area (Å²) in [4.78, 5) is 15.0. The van der Waals surface area contributed by atoms with Gasteiger partial charge >= 0.3 is 6.03 Å². The van der Waals surface area contributed by atoms with E-state index in [2.05, 4.69) is 10.0 Å². The van der Waals surface area contributed by atoms with Crippen molar-refractivity contribution in [1.29, 1.82) is 0 Å². The predicted octanol–water partition coefficient (Wildman–Crippen LogP) is 4.78. The standard InChI is InChI=1S/C25H25N3O3S/c1-17-15-20-9-14-23(32(30,31)27-22-12-13-22)16-24(20)28(17)25(29)26-21-10-7-19(8-11-21)18-5-3-2-4-6-18/h2-11,14,16-17,22,27H,12-13,15H2,1H3,(H,26,29). The van der Waals surface area contributed by atoms with E-state index in [0.29, 0.717) is 17.8 Å². The quantitative estimate of drug-likeness (QED) is 0.591. The van der Waals surface area contributed by atoms with Crippen LogP contribution < -0.4 is 14.9 Å². The van der Waals surface area contributed by atoms with E-state index >= 15 is 0 Å². The topological polar surface area (TPSA) is 78.5 Å². The number of anilines is 2. The van der Waals surface area contributed by atoms with Crippen LogP contribution in [-0.4, -0.2) is 26.5 Å². The molecule has 1 aliphatic heterocycles. The Morgan fingerprint density at radius 2 is 1.62 bits per heavy atom. The first kappa shape index (κ1) is 20.7. The van der Waals surface area contributed by atoms with Crippen molar-refractivity contribution in [2.45, 2.75) is 43.2 Å². The number of sulfonamides is 1. The molecule has 1 atom stereocenters. The number of nitrogens with one attached hydrogen (secondary N) is 2. The van der Waals surface area contributed by atoms with Crippen LogP contribution in [0.3, 0.4) is 0 Å². The molecule has 3 aromatic carbocycles. The second kappa shape index (κ2) is 8.07. The van der Waals surface area contributed by atoms with Gasteiger partial charge in [-0.05, 0) is 67.1 Å². The largest absolute Gasteiger partial charge is 0.326 e. The van der Waals surface area contributed by atoms with E-state index in [1.807, 2.05) is 67.6 Å². The molecule has 0 bridgehead atoms. The lowest BCUT2D eigenvalue weighted by molar-refractivity contribution is 0.256. The minimum Gasteiger partial charge on any atom is -0.308 e. The second-order valence-electron chi connectivity index (χ2n) is 8.48. The number of fused-ring (bicyclic) bond motifs is 1. The Balaban J connectivity index is 1.36. The van der Waals surface area contributed by atoms with Crippen LogP contribution in [0.5, 0.6) is 0 Å². The number of benzene rings is 3. The highest BCUT2D eigenvalue weighted by Gasteiger charge is 2.34. The zero-order valence-electron chi connectivity index (χ0n) is 17.8. The molecule has 1 saturated carbocycles. The summed E-state index contributed by atoms with van der Waals surface area (Å²) in [5, 5.41) is 2.96. The van der Waals surface area contributed by atoms with E-state index < -0.39 is 10.0 Å². The minimum absolute atomic E-state index is 0.0328. The molecule has 7 heteroatoms. The van der Waals surface area contributed by atoms with Gasteiger partial charge in [0.15, 0.2) is 0 Å². The number of nitrogens with zero attached hydrogens (tertiary/aromatic N) is 1. The average molecular weight is 448 g/mol. The van der Waals surface area contributed by atoms with E-state index in [-0.39, 0.29) is 23.0 Å². The number of rotatable bonds is 5. The summed E-state index contributed by atoms with van der Waals surface area (Å²) in [5.41, 5.74) is 4.49. The van der Waals surface area contributed by atoms with Crippen LogP contribution in [-0.2, 0) is 16.4 Å². The second-order valence-corrected chi connectivity index (χ2v) is 10.2. The molecule has 164 valence electrons. The Kier molecular flexibility index (Phi) is 5.23. The van der Waals surface area contributed by atoms with Gasteiger partial charge in [0.2, 0.25) is 10.0 Å². The van der Waals surface area contributed by atoms with E-state index in [9.17, 15) is 13.2 Å². The van der Waals surface area contributed by atoms with Crippen LogP contribution >= 0.6 is 0 Å². The molecule has 2 aliphatic rings. The monoisotopic (exact) mass is 447 g/mol. The molecule has 0 aromatic heterocycles. The maximum atomic E-state index is 13.1. The first-order valence-corrected chi connectivity index (χ1v) is 12.3. The zero-order chi connectivity index (χ0) is 22.3. The molecule has 3 aromatic rings. The molecule has 5 rings (SSSR count). The Labute approximate surface area is 188 Å². The highest BCUT2D eigenvalue weighted by Crippen LogP contribution is 2.35. The Morgan fingerprint density at radius 1 is 0.938 bits per heavy atom. The van der Waals surface area contributed by atoms with Gasteiger partial charge in [0, 0.05) is 17.8 Å². The SMILES string of the molecule is CC1Cc2ccc(S(=O)(=O)NC3CC3)cc2N1C(=O)Nc1ccc(-c2ccccc2)cc1. The molecule has 2 amide bonds. The normalized spacial score (nSPS) is 17.8. The molecular formula is C25H25N3O3S. The third-order valence-corrected chi connectivity index (χ3v) is 7.46. The third-order valence-electron chi connectivity index (χ3n) is 5.94. The number of carbonyl (C=O) groups excluding carboxylic acids is 1. The Bertz CT molecular complexity index is 1250. The Morgan fingerprint density at radius 3 is 2.31 bits per heavy atom. The van der Waals surface area contributed by atoms with Gasteiger partial charge in [0.05, 0.1) is 10.6 Å². The fourth-order valence-electron chi connectivity index (χ4n) is 4.11. The number of hydrogen-bond acceptors (Lipinski definition) is 3. The molecule has 1 fully saturated rings. The van der Waals surface area contributed by atoms with Gasteiger partial charge < -0.3 is 5.32 Å². The van der Waals surface area contributed by atoms with Crippen LogP contribution in [0.1, 0.15) is 25.3 Å². The molecule has 32 heavy (non-hydrogen) atoms. The van der Waals surface area contributed by atoms with Gasteiger partial charge in [-0.25, -0.2) is 17.9 Å². The highest BCUT2D eigenvalue weighted by atomic mass is 32.2. The lowest BCUT2D eigenvalue weighted by Gasteiger charge is -2.23.